The van der Waals surface area contributed by atoms with Crippen molar-refractivity contribution in [2.24, 2.45) is 5.16 Å². The van der Waals surface area contributed by atoms with Crippen LogP contribution < -0.4 is 20.9 Å². The normalized spacial score (nSPS) is 19.1. The van der Waals surface area contributed by atoms with Crippen molar-refractivity contribution in [3.05, 3.63) is 39.8 Å². The lowest BCUT2D eigenvalue weighted by Gasteiger charge is -2.49. The number of pyridine rings is 1. The van der Waals surface area contributed by atoms with Crippen molar-refractivity contribution in [2.75, 3.05) is 16.8 Å². The van der Waals surface area contributed by atoms with Crippen molar-refractivity contribution in [1.29, 1.82) is 0 Å². The lowest BCUT2D eigenvalue weighted by Crippen LogP contribution is -2.70. The molecule has 1 saturated heterocycles. The number of carboxylic acids is 1. The van der Waals surface area contributed by atoms with E-state index in [9.17, 15) is 29.1 Å². The van der Waals surface area contributed by atoms with E-state index in [1.807, 2.05) is 0 Å². The zero-order valence-corrected chi connectivity index (χ0v) is 23.7. The van der Waals surface area contributed by atoms with Crippen molar-refractivity contribution in [3.63, 3.8) is 0 Å². The van der Waals surface area contributed by atoms with Crippen LogP contribution >= 0.6 is 34.7 Å². The number of carbonyl (C=O) groups excluding carboxylic acids is 4. The van der Waals surface area contributed by atoms with Gasteiger partial charge < -0.3 is 31.4 Å². The fourth-order valence-electron chi connectivity index (χ4n) is 3.90. The zero-order chi connectivity index (χ0) is 30.0. The van der Waals surface area contributed by atoms with Crippen LogP contribution in [0.4, 0.5) is 10.8 Å². The number of aromatic nitrogens is 2. The number of fused-ring (bicyclic) bond motifs is 1. The van der Waals surface area contributed by atoms with Crippen molar-refractivity contribution >= 4 is 81.2 Å². The number of nitrogens with zero attached hydrogens (tertiary/aromatic N) is 4. The monoisotopic (exact) mass is 624 g/mol. The van der Waals surface area contributed by atoms with Crippen molar-refractivity contribution in [2.45, 2.75) is 37.9 Å². The molecule has 2 aromatic heterocycles. The number of allylic oxidation sites excluding steroid dienone is 1. The first-order chi connectivity index (χ1) is 19.4. The molecule has 0 saturated carbocycles. The van der Waals surface area contributed by atoms with E-state index in [1.165, 1.54) is 42.8 Å². The van der Waals surface area contributed by atoms with Gasteiger partial charge in [0.2, 0.25) is 24.0 Å². The fraction of sp³-hybridized carbons (Fsp3) is 0.304. The molecule has 3 amide bonds. The Kier molecular flexibility index (Phi) is 8.79. The second-order valence-corrected chi connectivity index (χ2v) is 11.5. The Morgan fingerprint density at radius 2 is 2.17 bits per heavy atom. The molecule has 15 nitrogen and oxygen atoms in total. The summed E-state index contributed by atoms with van der Waals surface area (Å²) in [5.74, 6) is -3.02. The number of nitrogen functional groups attached to an aromatic ring is 1. The molecule has 18 heteroatoms. The van der Waals surface area contributed by atoms with Crippen molar-refractivity contribution < 1.29 is 43.6 Å². The van der Waals surface area contributed by atoms with Crippen molar-refractivity contribution in [1.82, 2.24) is 15.2 Å². The molecule has 2 aliphatic heterocycles. The molecule has 216 valence electrons. The first-order valence-electron chi connectivity index (χ1n) is 11.7. The van der Waals surface area contributed by atoms with Crippen LogP contribution in [0.1, 0.15) is 19.5 Å². The fourth-order valence-corrected chi connectivity index (χ4v) is 6.18. The number of rotatable bonds is 10. The van der Waals surface area contributed by atoms with E-state index in [2.05, 4.69) is 20.8 Å². The van der Waals surface area contributed by atoms with Crippen LogP contribution in [-0.2, 0) is 35.4 Å². The summed E-state index contributed by atoms with van der Waals surface area (Å²) in [7, 11) is 0. The largest absolute Gasteiger partial charge is 0.501 e. The highest BCUT2D eigenvalue weighted by Crippen LogP contribution is 2.40. The molecule has 0 aliphatic carbocycles. The maximum absolute atomic E-state index is 13.2. The summed E-state index contributed by atoms with van der Waals surface area (Å²) in [4.78, 5) is 70.8. The van der Waals surface area contributed by atoms with Gasteiger partial charge >= 0.3 is 5.97 Å². The number of β-lactam (4-membered cyclic amide) rings is 1. The van der Waals surface area contributed by atoms with Crippen LogP contribution in [0.25, 0.3) is 0 Å². The van der Waals surface area contributed by atoms with Crippen LogP contribution in [0.15, 0.2) is 34.9 Å². The molecule has 3 atom stereocenters. The lowest BCUT2D eigenvalue weighted by molar-refractivity contribution is -0.689. The number of hydrogen-bond donors (Lipinski definition) is 5. The average Bonchev–Trinajstić information content (AvgIpc) is 3.25. The lowest BCUT2D eigenvalue weighted by atomic mass is 10.0. The van der Waals surface area contributed by atoms with E-state index in [-0.39, 0.29) is 44.7 Å². The number of nitrogens with two attached hydrogens (primary N) is 1. The summed E-state index contributed by atoms with van der Waals surface area (Å²) < 4.78 is 1.59. The second kappa shape index (κ2) is 12.1. The topological polar surface area (TPSA) is 217 Å². The number of aliphatic carboxylic acids is 1. The second-order valence-electron chi connectivity index (χ2n) is 8.77. The maximum Gasteiger partial charge on any atom is 0.347 e. The molecular formula is C23H23ClN7O8S2+. The third-order valence-corrected chi connectivity index (χ3v) is 8.29. The van der Waals surface area contributed by atoms with E-state index in [0.717, 1.165) is 11.3 Å². The first kappa shape index (κ1) is 29.8. The summed E-state index contributed by atoms with van der Waals surface area (Å²) in [6.07, 6.45) is 2.13. The van der Waals surface area contributed by atoms with E-state index in [1.54, 1.807) is 10.8 Å². The number of thioether (sulfide) groups is 1. The number of aldehydes is 1. The summed E-state index contributed by atoms with van der Waals surface area (Å²) in [6.45, 7) is 2.68. The molecule has 0 bridgehead atoms. The Balaban J connectivity index is 1.52. The van der Waals surface area contributed by atoms with Gasteiger partial charge in [0.05, 0.1) is 11.4 Å². The van der Waals surface area contributed by atoms with Crippen molar-refractivity contribution in [3.8, 4) is 5.75 Å². The van der Waals surface area contributed by atoms with Crippen LogP contribution in [0.5, 0.6) is 5.75 Å². The predicted molar refractivity (Wildman–Crippen MR) is 147 cm³/mol. The van der Waals surface area contributed by atoms with Gasteiger partial charge in [-0.1, -0.05) is 28.1 Å². The Hall–Kier alpha value is -4.22. The van der Waals surface area contributed by atoms with Gasteiger partial charge in [0.1, 0.15) is 21.4 Å². The first-order valence-corrected chi connectivity index (χ1v) is 14.0. The molecule has 0 spiro atoms. The Bertz CT molecular complexity index is 1510. The molecular weight excluding hydrogens is 602 g/mol. The summed E-state index contributed by atoms with van der Waals surface area (Å²) in [5, 5.41) is 27.3. The van der Waals surface area contributed by atoms with Gasteiger partial charge in [-0.05, 0) is 6.92 Å². The standard InChI is InChI=1S/C23H22ClN7O8S2/c1-9(22(37)38)39-29-16(15-18(24)41-23(25)28-15)19(35)27-17-20(36)31-13(7-32)11(8-40-21(17)31)5-30-4-3-12(14(34)6-30)26-10(2)33/h3-4,6-7,9,17,21H,5,8H2,1-2H3,(H5,25,27,28,34,35,37,38)/p+1/b29-16-/t9-,17?,21?/m0/s1. The van der Waals surface area contributed by atoms with Crippen LogP contribution in [-0.4, -0.2) is 79.1 Å². The summed E-state index contributed by atoms with van der Waals surface area (Å²) >= 11 is 8.29. The van der Waals surface area contributed by atoms with Crippen LogP contribution in [0.3, 0.4) is 0 Å². The molecule has 2 aromatic rings. The van der Waals surface area contributed by atoms with Gasteiger partial charge in [-0.2, -0.15) is 4.57 Å². The molecule has 2 aliphatic rings. The quantitative estimate of drug-likeness (QED) is 0.0783. The van der Waals surface area contributed by atoms with Gasteiger partial charge in [-0.25, -0.2) is 9.78 Å². The van der Waals surface area contributed by atoms with E-state index >= 15 is 0 Å². The molecule has 41 heavy (non-hydrogen) atoms. The molecule has 0 radical (unpaired) electrons. The SMILES string of the molecule is CC(=O)Nc1cc[n+](CC2=C(C=O)N3C(=O)C(NC(=O)/C(=N\O[C@@H](C)C(=O)O)c4nc(N)sc4Cl)C3SC2)cc1O. The Morgan fingerprint density at radius 3 is 2.76 bits per heavy atom. The minimum absolute atomic E-state index is 0.000965. The van der Waals surface area contributed by atoms with E-state index in [0.29, 0.717) is 17.6 Å². The van der Waals surface area contributed by atoms with Crippen LogP contribution in [0.2, 0.25) is 4.34 Å². The number of carbonyl (C=O) groups is 5. The highest BCUT2D eigenvalue weighted by molar-refractivity contribution is 8.00. The number of aromatic hydroxyl groups is 1. The number of hydrogen-bond acceptors (Lipinski definition) is 12. The number of anilines is 2. The van der Waals surface area contributed by atoms with Gasteiger partial charge in [-0.3, -0.25) is 24.1 Å². The van der Waals surface area contributed by atoms with E-state index < -0.39 is 41.0 Å². The predicted octanol–water partition coefficient (Wildman–Crippen LogP) is 0.0771. The number of carboxylic acid groups (broad SMARTS) is 1. The molecule has 4 rings (SSSR count). The Labute approximate surface area is 245 Å². The average molecular weight is 625 g/mol. The minimum Gasteiger partial charge on any atom is -0.501 e. The maximum atomic E-state index is 13.2. The molecule has 0 aromatic carbocycles. The minimum atomic E-state index is -1.40. The van der Waals surface area contributed by atoms with Gasteiger partial charge in [0.25, 0.3) is 11.8 Å². The zero-order valence-electron chi connectivity index (χ0n) is 21.4. The number of amides is 3. The Morgan fingerprint density at radius 1 is 1.44 bits per heavy atom. The third kappa shape index (κ3) is 6.26. The van der Waals surface area contributed by atoms with Gasteiger partial charge in [-0.15, -0.1) is 11.8 Å². The number of nitrogens with one attached hydrogen (secondary N) is 2. The molecule has 6 N–H and O–H groups in total. The highest BCUT2D eigenvalue weighted by Gasteiger charge is 2.53. The molecule has 1 fully saturated rings. The van der Waals surface area contributed by atoms with Crippen LogP contribution in [0, 0.1) is 0 Å². The van der Waals surface area contributed by atoms with Gasteiger partial charge in [0, 0.05) is 24.3 Å². The smallest absolute Gasteiger partial charge is 0.347 e. The van der Waals surface area contributed by atoms with Gasteiger partial charge in [0.15, 0.2) is 29.9 Å². The third-order valence-electron chi connectivity index (χ3n) is 5.86. The van der Waals surface area contributed by atoms with E-state index in [4.69, 9.17) is 27.3 Å². The summed E-state index contributed by atoms with van der Waals surface area (Å²) in [5.41, 5.74) is 5.99. The molecule has 4 heterocycles. The number of oxime groups is 1. The summed E-state index contributed by atoms with van der Waals surface area (Å²) in [6, 6.07) is 0.453. The number of halogens is 1. The highest BCUT2D eigenvalue weighted by atomic mass is 35.5. The molecule has 2 unspecified atom stereocenters. The number of thiazole rings is 1.